The van der Waals surface area contributed by atoms with Crippen LogP contribution in [-0.2, 0) is 32.9 Å². The first-order valence-corrected chi connectivity index (χ1v) is 18.2. The zero-order chi connectivity index (χ0) is 35.6. The molecule has 0 aromatic heterocycles. The molecule has 2 unspecified atom stereocenters. The summed E-state index contributed by atoms with van der Waals surface area (Å²) >= 11 is 1.63. The molecule has 2 aliphatic heterocycles. The quantitative estimate of drug-likeness (QED) is 0.0920. The Morgan fingerprint density at radius 2 is 1.14 bits per heavy atom. The number of rotatable bonds is 10. The fourth-order valence-electron chi connectivity index (χ4n) is 7.21. The van der Waals surface area contributed by atoms with Crippen LogP contribution in [0.1, 0.15) is 47.1 Å². The smallest absolute Gasteiger partial charge is 0.324 e. The van der Waals surface area contributed by atoms with Gasteiger partial charge in [-0.05, 0) is 53.7 Å². The molecule has 1 spiro atoms. The Balaban J connectivity index is 0.000000193. The van der Waals surface area contributed by atoms with Crippen LogP contribution < -0.4 is 16.4 Å². The zero-order valence-corrected chi connectivity index (χ0v) is 29.4. The van der Waals surface area contributed by atoms with Crippen LogP contribution in [-0.4, -0.2) is 45.8 Å². The van der Waals surface area contributed by atoms with Gasteiger partial charge in [-0.3, -0.25) is 14.9 Å². The summed E-state index contributed by atoms with van der Waals surface area (Å²) in [6, 6.07) is 49.6. The van der Waals surface area contributed by atoms with Crippen LogP contribution in [0.15, 0.2) is 152 Å². The Morgan fingerprint density at radius 3 is 1.59 bits per heavy atom. The number of nitrogens with one attached hydrogen (secondary N) is 2. The number of ether oxygens (including phenoxy) is 1. The van der Waals surface area contributed by atoms with Gasteiger partial charge in [0.15, 0.2) is 0 Å². The maximum Gasteiger partial charge on any atom is 0.324 e. The third-order valence-electron chi connectivity index (χ3n) is 9.70. The van der Waals surface area contributed by atoms with E-state index in [-0.39, 0.29) is 23.7 Å². The molecule has 7 rings (SSSR count). The SMILES string of the molecule is NC(c1ccccc1)(c1ccccc1)c1ccccc1.O=C(O)CC1(Cc2ccccc2)NC(C(=O)OCc2ccccc2)C2(CCNCC2)S1. The zero-order valence-electron chi connectivity index (χ0n) is 28.6. The van der Waals surface area contributed by atoms with Crippen molar-refractivity contribution in [2.75, 3.05) is 13.1 Å². The second-order valence-electron chi connectivity index (χ2n) is 13.2. The highest BCUT2D eigenvalue weighted by Crippen LogP contribution is 2.53. The lowest BCUT2D eigenvalue weighted by molar-refractivity contribution is -0.149. The highest BCUT2D eigenvalue weighted by atomic mass is 32.2. The number of carboxylic acids is 1. The standard InChI is InChI=1S/C24H28N2O4S.C19H17N/c27-20(28)16-24(15-18-7-3-1-4-8-18)26-21(23(31-24)11-13-25-14-12-23)22(29)30-17-19-9-5-2-6-10-19;20-19(16-10-4-1-5-11-16,17-12-6-2-7-13-17)18-14-8-3-9-15-18/h1-10,21,25-26H,11-17H2,(H,27,28);1-15H,20H2. The maximum absolute atomic E-state index is 13.3. The van der Waals surface area contributed by atoms with Gasteiger partial charge < -0.3 is 20.9 Å². The lowest BCUT2D eigenvalue weighted by Gasteiger charge is -2.37. The predicted molar refractivity (Wildman–Crippen MR) is 204 cm³/mol. The Labute approximate surface area is 304 Å². The van der Waals surface area contributed by atoms with Crippen LogP contribution in [0.3, 0.4) is 0 Å². The lowest BCUT2D eigenvalue weighted by Crippen LogP contribution is -2.54. The Morgan fingerprint density at radius 1 is 0.706 bits per heavy atom. The number of hydrogen-bond donors (Lipinski definition) is 4. The van der Waals surface area contributed by atoms with Gasteiger partial charge in [0, 0.05) is 11.2 Å². The molecule has 262 valence electrons. The van der Waals surface area contributed by atoms with E-state index in [4.69, 9.17) is 10.5 Å². The first-order chi connectivity index (χ1) is 24.8. The van der Waals surface area contributed by atoms with Crippen molar-refractivity contribution in [2.45, 2.75) is 53.5 Å². The van der Waals surface area contributed by atoms with Crippen molar-refractivity contribution < 1.29 is 19.4 Å². The van der Waals surface area contributed by atoms with E-state index in [0.29, 0.717) is 6.42 Å². The summed E-state index contributed by atoms with van der Waals surface area (Å²) < 4.78 is 5.32. The molecule has 2 atom stereocenters. The van der Waals surface area contributed by atoms with Crippen molar-refractivity contribution in [1.29, 1.82) is 0 Å². The lowest BCUT2D eigenvalue weighted by atomic mass is 9.78. The predicted octanol–water partition coefficient (Wildman–Crippen LogP) is 6.91. The second-order valence-corrected chi connectivity index (χ2v) is 15.0. The van der Waals surface area contributed by atoms with Gasteiger partial charge in [-0.2, -0.15) is 0 Å². The fraction of sp³-hybridized carbons (Fsp3) is 0.256. The van der Waals surface area contributed by atoms with Crippen LogP contribution in [0.25, 0.3) is 0 Å². The summed E-state index contributed by atoms with van der Waals surface area (Å²) in [5.41, 5.74) is 11.5. The molecule has 2 saturated heterocycles. The molecule has 0 radical (unpaired) electrons. The largest absolute Gasteiger partial charge is 0.481 e. The van der Waals surface area contributed by atoms with Crippen molar-refractivity contribution in [3.05, 3.63) is 179 Å². The van der Waals surface area contributed by atoms with E-state index in [1.54, 1.807) is 11.8 Å². The molecule has 2 aliphatic rings. The number of piperidine rings is 1. The van der Waals surface area contributed by atoms with Crippen LogP contribution in [0.4, 0.5) is 0 Å². The van der Waals surface area contributed by atoms with Gasteiger partial charge in [0.1, 0.15) is 12.6 Å². The van der Waals surface area contributed by atoms with Gasteiger partial charge in [0.25, 0.3) is 0 Å². The number of benzene rings is 5. The Kier molecular flexibility index (Phi) is 11.7. The van der Waals surface area contributed by atoms with Crippen molar-refractivity contribution in [1.82, 2.24) is 10.6 Å². The molecule has 0 aliphatic carbocycles. The van der Waals surface area contributed by atoms with Crippen LogP contribution in [0.2, 0.25) is 0 Å². The van der Waals surface area contributed by atoms with Crippen LogP contribution >= 0.6 is 11.8 Å². The van der Waals surface area contributed by atoms with E-state index in [9.17, 15) is 14.7 Å². The van der Waals surface area contributed by atoms with Crippen LogP contribution in [0, 0.1) is 0 Å². The minimum Gasteiger partial charge on any atom is -0.481 e. The number of hydrogen-bond acceptors (Lipinski definition) is 7. The molecule has 2 heterocycles. The molecule has 8 heteroatoms. The minimum absolute atomic E-state index is 0.0653. The number of thioether (sulfide) groups is 1. The number of carbonyl (C=O) groups excluding carboxylic acids is 1. The van der Waals surface area contributed by atoms with E-state index in [1.165, 1.54) is 0 Å². The third kappa shape index (κ3) is 8.60. The molecule has 7 nitrogen and oxygen atoms in total. The summed E-state index contributed by atoms with van der Waals surface area (Å²) in [7, 11) is 0. The Hall–Kier alpha value is -4.73. The van der Waals surface area contributed by atoms with Crippen molar-refractivity contribution >= 4 is 23.7 Å². The first-order valence-electron chi connectivity index (χ1n) is 17.4. The normalized spacial score (nSPS) is 19.4. The number of carboxylic acid groups (broad SMARTS) is 1. The summed E-state index contributed by atoms with van der Waals surface area (Å²) in [6.45, 7) is 1.80. The van der Waals surface area contributed by atoms with Crippen LogP contribution in [0.5, 0.6) is 0 Å². The number of nitrogens with two attached hydrogens (primary N) is 1. The Bertz CT molecular complexity index is 1740. The maximum atomic E-state index is 13.3. The van der Waals surface area contributed by atoms with E-state index in [1.807, 2.05) is 115 Å². The molecule has 5 aromatic carbocycles. The molecule has 5 aromatic rings. The molecule has 0 bridgehead atoms. The summed E-state index contributed by atoms with van der Waals surface area (Å²) in [5, 5.41) is 16.5. The van der Waals surface area contributed by atoms with Gasteiger partial charge >= 0.3 is 11.9 Å². The number of esters is 1. The van der Waals surface area contributed by atoms with Crippen molar-refractivity contribution in [3.63, 3.8) is 0 Å². The van der Waals surface area contributed by atoms with E-state index < -0.39 is 22.4 Å². The molecule has 51 heavy (non-hydrogen) atoms. The average Bonchev–Trinajstić information content (AvgIpc) is 3.47. The van der Waals surface area contributed by atoms with E-state index >= 15 is 0 Å². The van der Waals surface area contributed by atoms with Gasteiger partial charge in [-0.25, -0.2) is 0 Å². The highest BCUT2D eigenvalue weighted by molar-refractivity contribution is 8.02. The fourth-order valence-corrected chi connectivity index (χ4v) is 9.28. The molecule has 0 amide bonds. The number of carbonyl (C=O) groups is 2. The minimum atomic E-state index is -0.877. The average molecular weight is 700 g/mol. The van der Waals surface area contributed by atoms with Gasteiger partial charge in [0.2, 0.25) is 0 Å². The van der Waals surface area contributed by atoms with Crippen molar-refractivity contribution in [2.24, 2.45) is 5.73 Å². The monoisotopic (exact) mass is 699 g/mol. The first kappa shape index (κ1) is 36.1. The van der Waals surface area contributed by atoms with Gasteiger partial charge in [-0.15, -0.1) is 11.8 Å². The molecular weight excluding hydrogens is 655 g/mol. The summed E-state index contributed by atoms with van der Waals surface area (Å²) in [5.74, 6) is -1.18. The summed E-state index contributed by atoms with van der Waals surface area (Å²) in [6.07, 6.45) is 2.03. The van der Waals surface area contributed by atoms with E-state index in [0.717, 1.165) is 53.7 Å². The molecule has 0 saturated carbocycles. The second kappa shape index (κ2) is 16.5. The molecule has 5 N–H and O–H groups in total. The van der Waals surface area contributed by atoms with E-state index in [2.05, 4.69) is 47.0 Å². The van der Waals surface area contributed by atoms with Gasteiger partial charge in [-0.1, -0.05) is 152 Å². The molecule has 2 fully saturated rings. The molecular formula is C43H45N3O4S. The summed E-state index contributed by atoms with van der Waals surface area (Å²) in [4.78, 5) is 24.3. The number of aliphatic carboxylic acids is 1. The third-order valence-corrected chi connectivity index (χ3v) is 11.5. The topological polar surface area (TPSA) is 114 Å². The van der Waals surface area contributed by atoms with Gasteiger partial charge in [0.05, 0.1) is 16.8 Å². The highest BCUT2D eigenvalue weighted by Gasteiger charge is 2.58. The van der Waals surface area contributed by atoms with Crippen molar-refractivity contribution in [3.8, 4) is 0 Å².